The normalized spacial score (nSPS) is 12.1. The molecule has 0 aliphatic carbocycles. The van der Waals surface area contributed by atoms with E-state index in [0.29, 0.717) is 19.1 Å². The van der Waals surface area contributed by atoms with Crippen LogP contribution in [0.1, 0.15) is 30.2 Å². The Morgan fingerprint density at radius 1 is 1.23 bits per heavy atom. The molecule has 0 bridgehead atoms. The third-order valence-electron chi connectivity index (χ3n) is 3.82. The van der Waals surface area contributed by atoms with Gasteiger partial charge in [0.2, 0.25) is 0 Å². The molecule has 2 N–H and O–H groups in total. The van der Waals surface area contributed by atoms with Crippen LogP contribution in [0.15, 0.2) is 40.7 Å². The molecule has 5 nitrogen and oxygen atoms in total. The number of aliphatic imine (C=N–C) groups is 1. The van der Waals surface area contributed by atoms with Gasteiger partial charge in [-0.05, 0) is 36.1 Å². The highest BCUT2D eigenvalue weighted by atomic mass is 127. The predicted molar refractivity (Wildman–Crippen MR) is 121 cm³/mol. The van der Waals surface area contributed by atoms with Crippen molar-refractivity contribution in [2.24, 2.45) is 4.99 Å². The lowest BCUT2D eigenvalue weighted by Gasteiger charge is -2.16. The predicted octanol–water partition coefficient (Wildman–Crippen LogP) is 4.24. The second kappa shape index (κ2) is 12.0. The molecule has 7 heteroatoms. The zero-order chi connectivity index (χ0) is 18.1. The van der Waals surface area contributed by atoms with Gasteiger partial charge < -0.3 is 20.1 Å². The highest BCUT2D eigenvalue weighted by Crippen LogP contribution is 2.28. The van der Waals surface area contributed by atoms with Crippen molar-refractivity contribution in [2.75, 3.05) is 27.3 Å². The van der Waals surface area contributed by atoms with E-state index in [0.717, 1.165) is 29.6 Å². The molecule has 1 aromatic carbocycles. The van der Waals surface area contributed by atoms with Crippen LogP contribution in [-0.2, 0) is 6.54 Å². The summed E-state index contributed by atoms with van der Waals surface area (Å²) < 4.78 is 10.9. The molecule has 0 amide bonds. The van der Waals surface area contributed by atoms with Crippen molar-refractivity contribution in [3.63, 3.8) is 0 Å². The molecule has 1 unspecified atom stereocenters. The number of hydrogen-bond acceptors (Lipinski definition) is 4. The number of hydrogen-bond donors (Lipinski definition) is 2. The second-order valence-corrected chi connectivity index (χ2v) is 6.62. The first kappa shape index (κ1) is 22.6. The van der Waals surface area contributed by atoms with E-state index < -0.39 is 0 Å². The highest BCUT2D eigenvalue weighted by Gasteiger charge is 2.09. The Morgan fingerprint density at radius 2 is 2.04 bits per heavy atom. The number of ether oxygens (including phenoxy) is 2. The monoisotopic (exact) mass is 489 g/mol. The molecule has 26 heavy (non-hydrogen) atoms. The Kier molecular flexibility index (Phi) is 10.4. The average molecular weight is 489 g/mol. The average Bonchev–Trinajstić information content (AvgIpc) is 3.17. The molecule has 0 radical (unpaired) electrons. The summed E-state index contributed by atoms with van der Waals surface area (Å²) in [6.07, 6.45) is 0. The molecule has 0 spiro atoms. The maximum absolute atomic E-state index is 5.62. The summed E-state index contributed by atoms with van der Waals surface area (Å²) in [7, 11) is 3.43. The first-order chi connectivity index (χ1) is 12.2. The Balaban J connectivity index is 0.00000338. The third kappa shape index (κ3) is 6.68. The van der Waals surface area contributed by atoms with E-state index in [1.807, 2.05) is 25.1 Å². The molecule has 0 saturated heterocycles. The van der Waals surface area contributed by atoms with Crippen molar-refractivity contribution in [3.8, 4) is 11.5 Å². The highest BCUT2D eigenvalue weighted by molar-refractivity contribution is 14.0. The fourth-order valence-corrected chi connectivity index (χ4v) is 3.21. The molecule has 2 rings (SSSR count). The first-order valence-electron chi connectivity index (χ1n) is 8.45. The summed E-state index contributed by atoms with van der Waals surface area (Å²) in [4.78, 5) is 5.67. The Bertz CT molecular complexity index is 677. The number of guanidine groups is 1. The molecule has 144 valence electrons. The van der Waals surface area contributed by atoms with Crippen LogP contribution >= 0.6 is 35.3 Å². The number of nitrogens with zero attached hydrogens (tertiary/aromatic N) is 1. The second-order valence-electron chi connectivity index (χ2n) is 5.64. The van der Waals surface area contributed by atoms with E-state index in [4.69, 9.17) is 9.47 Å². The minimum Gasteiger partial charge on any atom is -0.493 e. The third-order valence-corrected chi connectivity index (χ3v) is 4.92. The van der Waals surface area contributed by atoms with E-state index in [9.17, 15) is 0 Å². The van der Waals surface area contributed by atoms with E-state index in [-0.39, 0.29) is 24.0 Å². The van der Waals surface area contributed by atoms with E-state index in [1.165, 1.54) is 4.88 Å². The number of methoxy groups -OCH3 is 1. The van der Waals surface area contributed by atoms with Crippen LogP contribution in [0.4, 0.5) is 0 Å². The minimum atomic E-state index is 0. The zero-order valence-electron chi connectivity index (χ0n) is 15.7. The van der Waals surface area contributed by atoms with Gasteiger partial charge in [-0.15, -0.1) is 35.3 Å². The Morgan fingerprint density at radius 3 is 2.65 bits per heavy atom. The van der Waals surface area contributed by atoms with Gasteiger partial charge in [0.15, 0.2) is 17.5 Å². The number of thiophene rings is 1. The lowest BCUT2D eigenvalue weighted by atomic mass is 10.1. The first-order valence-corrected chi connectivity index (χ1v) is 9.33. The lowest BCUT2D eigenvalue weighted by Crippen LogP contribution is -2.38. The molecular weight excluding hydrogens is 461 g/mol. The van der Waals surface area contributed by atoms with Gasteiger partial charge in [-0.2, -0.15) is 0 Å². The van der Waals surface area contributed by atoms with Gasteiger partial charge in [0.1, 0.15) is 0 Å². The molecule has 1 atom stereocenters. The minimum absolute atomic E-state index is 0. The summed E-state index contributed by atoms with van der Waals surface area (Å²) in [5.74, 6) is 2.75. The largest absolute Gasteiger partial charge is 0.493 e. The molecule has 0 aliphatic rings. The fraction of sp³-hybridized carbons (Fsp3) is 0.421. The van der Waals surface area contributed by atoms with Gasteiger partial charge in [0.25, 0.3) is 0 Å². The van der Waals surface area contributed by atoms with Gasteiger partial charge in [-0.1, -0.05) is 19.1 Å². The van der Waals surface area contributed by atoms with Crippen LogP contribution in [0.2, 0.25) is 0 Å². The van der Waals surface area contributed by atoms with Crippen molar-refractivity contribution in [3.05, 3.63) is 46.2 Å². The zero-order valence-corrected chi connectivity index (χ0v) is 18.9. The Hall–Kier alpha value is -1.48. The number of nitrogens with one attached hydrogen (secondary N) is 2. The van der Waals surface area contributed by atoms with Crippen LogP contribution in [0.25, 0.3) is 0 Å². The molecule has 0 saturated carbocycles. The topological polar surface area (TPSA) is 54.9 Å². The van der Waals surface area contributed by atoms with Crippen LogP contribution in [-0.4, -0.2) is 33.3 Å². The van der Waals surface area contributed by atoms with Crippen molar-refractivity contribution in [2.45, 2.75) is 26.3 Å². The quantitative estimate of drug-likeness (QED) is 0.331. The Labute approximate surface area is 177 Å². The van der Waals surface area contributed by atoms with Crippen molar-refractivity contribution >= 4 is 41.3 Å². The summed E-state index contributed by atoms with van der Waals surface area (Å²) in [5, 5.41) is 8.83. The smallest absolute Gasteiger partial charge is 0.191 e. The van der Waals surface area contributed by atoms with Crippen molar-refractivity contribution in [1.29, 1.82) is 0 Å². The molecule has 1 aromatic heterocycles. The number of benzene rings is 1. The fourth-order valence-electron chi connectivity index (χ4n) is 2.43. The molecule has 1 heterocycles. The van der Waals surface area contributed by atoms with Crippen molar-refractivity contribution < 1.29 is 9.47 Å². The van der Waals surface area contributed by atoms with Crippen molar-refractivity contribution in [1.82, 2.24) is 10.6 Å². The summed E-state index contributed by atoms with van der Waals surface area (Å²) in [5.41, 5.74) is 1.11. The lowest BCUT2D eigenvalue weighted by molar-refractivity contribution is 0.310. The van der Waals surface area contributed by atoms with Gasteiger partial charge >= 0.3 is 0 Å². The molecule has 0 aliphatic heterocycles. The number of halogens is 1. The van der Waals surface area contributed by atoms with Crippen LogP contribution < -0.4 is 20.1 Å². The summed E-state index contributed by atoms with van der Waals surface area (Å²) in [6.45, 7) is 6.29. The number of rotatable bonds is 8. The SMILES string of the molecule is CCOc1cc(CNC(=NC)NCC(C)c2cccs2)ccc1OC.I. The van der Waals surface area contributed by atoms with E-state index >= 15 is 0 Å². The summed E-state index contributed by atoms with van der Waals surface area (Å²) in [6, 6.07) is 10.2. The van der Waals surface area contributed by atoms with Crippen LogP contribution in [0, 0.1) is 0 Å². The molecule has 2 aromatic rings. The van der Waals surface area contributed by atoms with E-state index in [1.54, 1.807) is 25.5 Å². The van der Waals surface area contributed by atoms with Gasteiger partial charge in [0, 0.05) is 30.9 Å². The van der Waals surface area contributed by atoms with Crippen LogP contribution in [0.3, 0.4) is 0 Å². The van der Waals surface area contributed by atoms with Gasteiger partial charge in [-0.3, -0.25) is 4.99 Å². The molecular formula is C19H28IN3O2S. The summed E-state index contributed by atoms with van der Waals surface area (Å²) >= 11 is 1.78. The van der Waals surface area contributed by atoms with Crippen LogP contribution in [0.5, 0.6) is 11.5 Å². The van der Waals surface area contributed by atoms with Gasteiger partial charge in [-0.25, -0.2) is 0 Å². The van der Waals surface area contributed by atoms with Gasteiger partial charge in [0.05, 0.1) is 13.7 Å². The van der Waals surface area contributed by atoms with E-state index in [2.05, 4.69) is 40.1 Å². The maximum atomic E-state index is 5.62. The standard InChI is InChI=1S/C19H27N3O2S.HI/c1-5-24-17-11-15(8-9-16(17)23-4)13-22-19(20-3)21-12-14(2)18-7-6-10-25-18;/h6-11,14H,5,12-13H2,1-4H3,(H2,20,21,22);1H. The molecule has 0 fully saturated rings. The maximum Gasteiger partial charge on any atom is 0.191 e.